The summed E-state index contributed by atoms with van der Waals surface area (Å²) in [5.74, 6) is -0.214. The molecule has 0 fully saturated rings. The van der Waals surface area contributed by atoms with E-state index in [0.29, 0.717) is 24.3 Å². The third-order valence-electron chi connectivity index (χ3n) is 3.85. The zero-order valence-corrected chi connectivity index (χ0v) is 14.0. The summed E-state index contributed by atoms with van der Waals surface area (Å²) in [4.78, 5) is 29.4. The molecule has 3 rings (SSSR count). The minimum absolute atomic E-state index is 0.0478. The molecule has 0 aliphatic carbocycles. The Morgan fingerprint density at radius 3 is 2.76 bits per heavy atom. The number of rotatable bonds is 7. The van der Waals surface area contributed by atoms with Gasteiger partial charge in [-0.15, -0.1) is 0 Å². The first-order chi connectivity index (χ1) is 12.2. The summed E-state index contributed by atoms with van der Waals surface area (Å²) in [6.45, 7) is 1.04. The Kier molecular flexibility index (Phi) is 5.25. The van der Waals surface area contributed by atoms with Crippen molar-refractivity contribution >= 4 is 17.1 Å². The Balaban J connectivity index is 1.93. The molecular formula is C18H20N4O3. The maximum atomic E-state index is 12.9. The molecule has 0 atom stereocenters. The second kappa shape index (κ2) is 7.76. The lowest BCUT2D eigenvalue weighted by atomic mass is 10.3. The number of pyridine rings is 1. The van der Waals surface area contributed by atoms with E-state index in [1.165, 1.54) is 9.13 Å². The van der Waals surface area contributed by atoms with Crippen LogP contribution in [0.4, 0.5) is 0 Å². The SMILES string of the molecule is COCCCNC(=O)Cn1c(=O)n(-c2ccccc2)c2ncccc21. The summed E-state index contributed by atoms with van der Waals surface area (Å²) in [5, 5.41) is 2.80. The van der Waals surface area contributed by atoms with Crippen molar-refractivity contribution in [3.05, 3.63) is 59.1 Å². The molecule has 2 heterocycles. The fourth-order valence-electron chi connectivity index (χ4n) is 2.69. The summed E-state index contributed by atoms with van der Waals surface area (Å²) in [6, 6.07) is 12.8. The number of nitrogens with zero attached hydrogens (tertiary/aromatic N) is 3. The number of aromatic nitrogens is 3. The number of benzene rings is 1. The monoisotopic (exact) mass is 340 g/mol. The van der Waals surface area contributed by atoms with E-state index in [-0.39, 0.29) is 18.1 Å². The molecule has 0 saturated carbocycles. The summed E-state index contributed by atoms with van der Waals surface area (Å²) in [7, 11) is 1.62. The van der Waals surface area contributed by atoms with Crippen LogP contribution in [0.25, 0.3) is 16.9 Å². The van der Waals surface area contributed by atoms with Crippen LogP contribution in [-0.2, 0) is 16.1 Å². The summed E-state index contributed by atoms with van der Waals surface area (Å²) in [6.07, 6.45) is 2.36. The molecule has 0 radical (unpaired) electrons. The van der Waals surface area contributed by atoms with Gasteiger partial charge in [-0.05, 0) is 30.7 Å². The molecular weight excluding hydrogens is 320 g/mol. The molecule has 7 nitrogen and oxygen atoms in total. The number of amides is 1. The van der Waals surface area contributed by atoms with E-state index < -0.39 is 0 Å². The van der Waals surface area contributed by atoms with Crippen LogP contribution in [0.5, 0.6) is 0 Å². The topological polar surface area (TPSA) is 78.1 Å². The maximum absolute atomic E-state index is 12.9. The molecule has 2 aromatic heterocycles. The maximum Gasteiger partial charge on any atom is 0.335 e. The highest BCUT2D eigenvalue weighted by molar-refractivity contribution is 5.80. The first-order valence-corrected chi connectivity index (χ1v) is 8.09. The highest BCUT2D eigenvalue weighted by Gasteiger charge is 2.17. The van der Waals surface area contributed by atoms with Gasteiger partial charge in [0.2, 0.25) is 5.91 Å². The number of nitrogens with one attached hydrogen (secondary N) is 1. The van der Waals surface area contributed by atoms with Crippen molar-refractivity contribution in [2.24, 2.45) is 0 Å². The van der Waals surface area contributed by atoms with Gasteiger partial charge in [-0.3, -0.25) is 9.36 Å². The van der Waals surface area contributed by atoms with Crippen LogP contribution >= 0.6 is 0 Å². The van der Waals surface area contributed by atoms with Crippen LogP contribution < -0.4 is 11.0 Å². The first-order valence-electron chi connectivity index (χ1n) is 8.09. The summed E-state index contributed by atoms with van der Waals surface area (Å²) in [5.41, 5.74) is 1.59. The van der Waals surface area contributed by atoms with Gasteiger partial charge in [0, 0.05) is 26.5 Å². The molecule has 1 amide bonds. The van der Waals surface area contributed by atoms with E-state index in [9.17, 15) is 9.59 Å². The van der Waals surface area contributed by atoms with Crippen molar-refractivity contribution < 1.29 is 9.53 Å². The first kappa shape index (κ1) is 16.9. The van der Waals surface area contributed by atoms with Gasteiger partial charge >= 0.3 is 5.69 Å². The predicted molar refractivity (Wildman–Crippen MR) is 94.8 cm³/mol. The zero-order valence-electron chi connectivity index (χ0n) is 14.0. The van der Waals surface area contributed by atoms with Gasteiger partial charge in [0.05, 0.1) is 11.2 Å². The van der Waals surface area contributed by atoms with E-state index in [2.05, 4.69) is 10.3 Å². The Bertz CT molecular complexity index is 915. The average molecular weight is 340 g/mol. The Morgan fingerprint density at radius 1 is 1.20 bits per heavy atom. The molecule has 1 aromatic carbocycles. The lowest BCUT2D eigenvalue weighted by Crippen LogP contribution is -2.33. The number of para-hydroxylation sites is 1. The zero-order chi connectivity index (χ0) is 17.6. The third-order valence-corrected chi connectivity index (χ3v) is 3.85. The normalized spacial score (nSPS) is 10.9. The molecule has 3 aromatic rings. The van der Waals surface area contributed by atoms with Crippen molar-refractivity contribution in [2.75, 3.05) is 20.3 Å². The highest BCUT2D eigenvalue weighted by atomic mass is 16.5. The van der Waals surface area contributed by atoms with Crippen LogP contribution in [0, 0.1) is 0 Å². The van der Waals surface area contributed by atoms with E-state index in [4.69, 9.17) is 4.74 Å². The smallest absolute Gasteiger partial charge is 0.335 e. The second-order valence-electron chi connectivity index (χ2n) is 5.58. The number of hydrogen-bond donors (Lipinski definition) is 1. The van der Waals surface area contributed by atoms with Crippen LogP contribution in [0.15, 0.2) is 53.5 Å². The molecule has 0 saturated heterocycles. The van der Waals surface area contributed by atoms with E-state index in [1.54, 1.807) is 25.4 Å². The Morgan fingerprint density at radius 2 is 2.00 bits per heavy atom. The second-order valence-corrected chi connectivity index (χ2v) is 5.58. The van der Waals surface area contributed by atoms with Gasteiger partial charge in [0.1, 0.15) is 6.54 Å². The standard InChI is InChI=1S/C18H20N4O3/c1-25-12-6-11-19-16(23)13-21-15-9-5-10-20-17(15)22(18(21)24)14-7-3-2-4-8-14/h2-5,7-10H,6,11-13H2,1H3,(H,19,23). The minimum Gasteiger partial charge on any atom is -0.385 e. The largest absolute Gasteiger partial charge is 0.385 e. The molecule has 0 bridgehead atoms. The van der Waals surface area contributed by atoms with Crippen LogP contribution in [0.2, 0.25) is 0 Å². The minimum atomic E-state index is -0.285. The molecule has 0 aliphatic heterocycles. The number of methoxy groups -OCH3 is 1. The lowest BCUT2D eigenvalue weighted by molar-refractivity contribution is -0.121. The van der Waals surface area contributed by atoms with Gasteiger partial charge in [0.15, 0.2) is 5.65 Å². The van der Waals surface area contributed by atoms with Crippen molar-refractivity contribution in [3.63, 3.8) is 0 Å². The average Bonchev–Trinajstić information content (AvgIpc) is 2.91. The van der Waals surface area contributed by atoms with Crippen molar-refractivity contribution in [1.29, 1.82) is 0 Å². The van der Waals surface area contributed by atoms with Crippen LogP contribution in [-0.4, -0.2) is 40.3 Å². The Labute approximate surface area is 144 Å². The number of carbonyl (C=O) groups is 1. The molecule has 25 heavy (non-hydrogen) atoms. The lowest BCUT2D eigenvalue weighted by Gasteiger charge is -2.05. The van der Waals surface area contributed by atoms with Gasteiger partial charge in [-0.1, -0.05) is 18.2 Å². The van der Waals surface area contributed by atoms with Gasteiger partial charge in [-0.25, -0.2) is 14.3 Å². The number of hydrogen-bond acceptors (Lipinski definition) is 4. The number of fused-ring (bicyclic) bond motifs is 1. The van der Waals surface area contributed by atoms with E-state index in [0.717, 1.165) is 12.1 Å². The number of carbonyl (C=O) groups excluding carboxylic acids is 1. The molecule has 0 aliphatic rings. The molecule has 0 spiro atoms. The fourth-order valence-corrected chi connectivity index (χ4v) is 2.69. The van der Waals surface area contributed by atoms with E-state index >= 15 is 0 Å². The molecule has 1 N–H and O–H groups in total. The third kappa shape index (κ3) is 3.61. The summed E-state index contributed by atoms with van der Waals surface area (Å²) < 4.78 is 7.92. The Hall–Kier alpha value is -2.93. The predicted octanol–water partition coefficient (Wildman–Crippen LogP) is 1.34. The number of imidazole rings is 1. The van der Waals surface area contributed by atoms with Crippen LogP contribution in [0.3, 0.4) is 0 Å². The van der Waals surface area contributed by atoms with Gasteiger partial charge in [-0.2, -0.15) is 0 Å². The highest BCUT2D eigenvalue weighted by Crippen LogP contribution is 2.15. The quantitative estimate of drug-likeness (QED) is 0.659. The van der Waals surface area contributed by atoms with E-state index in [1.807, 2.05) is 30.3 Å². The van der Waals surface area contributed by atoms with Crippen LogP contribution in [0.1, 0.15) is 6.42 Å². The van der Waals surface area contributed by atoms with Crippen molar-refractivity contribution in [3.8, 4) is 5.69 Å². The van der Waals surface area contributed by atoms with Crippen molar-refractivity contribution in [1.82, 2.24) is 19.4 Å². The summed E-state index contributed by atoms with van der Waals surface area (Å²) >= 11 is 0. The number of ether oxygens (including phenoxy) is 1. The van der Waals surface area contributed by atoms with Crippen molar-refractivity contribution in [2.45, 2.75) is 13.0 Å². The molecule has 7 heteroatoms. The van der Waals surface area contributed by atoms with Gasteiger partial charge < -0.3 is 10.1 Å². The fraction of sp³-hybridized carbons (Fsp3) is 0.278. The molecule has 130 valence electrons. The van der Waals surface area contributed by atoms with Gasteiger partial charge in [0.25, 0.3) is 0 Å². The molecule has 0 unspecified atom stereocenters.